The van der Waals surface area contributed by atoms with Crippen LogP contribution in [0.3, 0.4) is 0 Å². The second-order valence-corrected chi connectivity index (χ2v) is 4.66. The molecular formula is C9H7BrCl2O2. The first kappa shape index (κ1) is 11.8. The molecule has 5 heteroatoms. The Labute approximate surface area is 100.0 Å². The van der Waals surface area contributed by atoms with Crippen molar-refractivity contribution in [1.82, 2.24) is 0 Å². The number of hydrogen-bond acceptors (Lipinski definition) is 1. The van der Waals surface area contributed by atoms with E-state index in [9.17, 15) is 4.79 Å². The normalized spacial score (nSPS) is 12.5. The van der Waals surface area contributed by atoms with E-state index in [2.05, 4.69) is 15.9 Å². The van der Waals surface area contributed by atoms with Crippen LogP contribution in [0.4, 0.5) is 0 Å². The van der Waals surface area contributed by atoms with Crippen LogP contribution in [0.15, 0.2) is 18.2 Å². The van der Waals surface area contributed by atoms with E-state index in [0.717, 1.165) is 5.56 Å². The van der Waals surface area contributed by atoms with Gasteiger partial charge in [-0.15, -0.1) is 0 Å². The summed E-state index contributed by atoms with van der Waals surface area (Å²) in [4.78, 5) is 10.2. The van der Waals surface area contributed by atoms with Crippen LogP contribution < -0.4 is 0 Å². The minimum Gasteiger partial charge on any atom is -0.481 e. The summed E-state index contributed by atoms with van der Waals surface area (Å²) >= 11 is 14.8. The van der Waals surface area contributed by atoms with E-state index < -0.39 is 5.97 Å². The highest BCUT2D eigenvalue weighted by atomic mass is 79.9. The van der Waals surface area contributed by atoms with Gasteiger partial charge in [0.1, 0.15) is 0 Å². The number of rotatable bonds is 3. The second-order valence-electron chi connectivity index (χ2n) is 2.74. The number of carboxylic acid groups (broad SMARTS) is 1. The number of hydrogen-bond donors (Lipinski definition) is 1. The highest BCUT2D eigenvalue weighted by molar-refractivity contribution is 9.09. The Morgan fingerprint density at radius 3 is 2.57 bits per heavy atom. The Morgan fingerprint density at radius 1 is 1.43 bits per heavy atom. The highest BCUT2D eigenvalue weighted by Crippen LogP contribution is 2.31. The smallest absolute Gasteiger partial charge is 0.304 e. The maximum absolute atomic E-state index is 10.4. The van der Waals surface area contributed by atoms with Gasteiger partial charge in [-0.25, -0.2) is 0 Å². The molecule has 2 nitrogen and oxygen atoms in total. The van der Waals surface area contributed by atoms with Crippen LogP contribution in [0.2, 0.25) is 10.0 Å². The maximum atomic E-state index is 10.4. The van der Waals surface area contributed by atoms with Crippen molar-refractivity contribution in [1.29, 1.82) is 0 Å². The average molecular weight is 298 g/mol. The molecule has 14 heavy (non-hydrogen) atoms. The Morgan fingerprint density at radius 2 is 2.07 bits per heavy atom. The van der Waals surface area contributed by atoms with Gasteiger partial charge in [-0.05, 0) is 17.7 Å². The SMILES string of the molecule is O=C(O)CC(Br)c1ccc(Cl)c(Cl)c1. The first-order valence-corrected chi connectivity index (χ1v) is 5.48. The summed E-state index contributed by atoms with van der Waals surface area (Å²) in [6, 6.07) is 5.05. The minimum absolute atomic E-state index is 0.0119. The van der Waals surface area contributed by atoms with Crippen LogP contribution in [0.1, 0.15) is 16.8 Å². The number of halogens is 3. The highest BCUT2D eigenvalue weighted by Gasteiger charge is 2.12. The molecule has 0 heterocycles. The Balaban J connectivity index is 2.85. The molecule has 0 aliphatic carbocycles. The van der Waals surface area contributed by atoms with Crippen molar-refractivity contribution in [3.63, 3.8) is 0 Å². The van der Waals surface area contributed by atoms with Gasteiger partial charge in [-0.3, -0.25) is 4.79 Å². The fraction of sp³-hybridized carbons (Fsp3) is 0.222. The molecule has 1 aromatic rings. The van der Waals surface area contributed by atoms with E-state index in [4.69, 9.17) is 28.3 Å². The summed E-state index contributed by atoms with van der Waals surface area (Å²) in [5.41, 5.74) is 0.807. The van der Waals surface area contributed by atoms with Crippen LogP contribution in [0, 0.1) is 0 Å². The first-order valence-electron chi connectivity index (χ1n) is 3.81. The number of aliphatic carboxylic acids is 1. The third-order valence-corrected chi connectivity index (χ3v) is 3.25. The van der Waals surface area contributed by atoms with Crippen LogP contribution in [-0.2, 0) is 4.79 Å². The van der Waals surface area contributed by atoms with Crippen LogP contribution in [-0.4, -0.2) is 11.1 Å². The van der Waals surface area contributed by atoms with Gasteiger partial charge in [0.15, 0.2) is 0 Å². The first-order chi connectivity index (χ1) is 6.50. The summed E-state index contributed by atoms with van der Waals surface area (Å²) in [7, 11) is 0. The van der Waals surface area contributed by atoms with Gasteiger partial charge in [-0.2, -0.15) is 0 Å². The lowest BCUT2D eigenvalue weighted by Crippen LogP contribution is -2.00. The number of carbonyl (C=O) groups is 1. The molecule has 0 aliphatic heterocycles. The lowest BCUT2D eigenvalue weighted by atomic mass is 10.1. The zero-order chi connectivity index (χ0) is 10.7. The second kappa shape index (κ2) is 5.01. The summed E-state index contributed by atoms with van der Waals surface area (Å²) in [5.74, 6) is -0.863. The van der Waals surface area contributed by atoms with Gasteiger partial charge in [0.25, 0.3) is 0 Å². The Bertz CT molecular complexity index is 355. The molecule has 0 saturated heterocycles. The van der Waals surface area contributed by atoms with E-state index in [-0.39, 0.29) is 11.2 Å². The molecule has 1 rings (SSSR count). The molecule has 1 atom stereocenters. The fourth-order valence-electron chi connectivity index (χ4n) is 0.978. The van der Waals surface area contributed by atoms with Gasteiger partial charge in [0.05, 0.1) is 16.5 Å². The number of carboxylic acids is 1. The summed E-state index contributed by atoms with van der Waals surface area (Å²) in [6.45, 7) is 0. The largest absolute Gasteiger partial charge is 0.481 e. The van der Waals surface area contributed by atoms with Crippen LogP contribution in [0.5, 0.6) is 0 Å². The van der Waals surface area contributed by atoms with Crippen molar-refractivity contribution in [3.05, 3.63) is 33.8 Å². The minimum atomic E-state index is -0.863. The van der Waals surface area contributed by atoms with Crippen molar-refractivity contribution in [3.8, 4) is 0 Å². The average Bonchev–Trinajstić information content (AvgIpc) is 2.08. The topological polar surface area (TPSA) is 37.3 Å². The quantitative estimate of drug-likeness (QED) is 0.859. The molecule has 0 saturated carbocycles. The maximum Gasteiger partial charge on any atom is 0.304 e. The van der Waals surface area contributed by atoms with E-state index in [1.807, 2.05) is 0 Å². The molecule has 0 radical (unpaired) electrons. The lowest BCUT2D eigenvalue weighted by molar-refractivity contribution is -0.136. The van der Waals surface area contributed by atoms with Gasteiger partial charge < -0.3 is 5.11 Å². The predicted molar refractivity (Wildman–Crippen MR) is 60.4 cm³/mol. The van der Waals surface area contributed by atoms with Crippen molar-refractivity contribution < 1.29 is 9.90 Å². The van der Waals surface area contributed by atoms with E-state index >= 15 is 0 Å². The lowest BCUT2D eigenvalue weighted by Gasteiger charge is -2.08. The molecule has 0 spiro atoms. The monoisotopic (exact) mass is 296 g/mol. The molecule has 1 unspecified atom stereocenters. The zero-order valence-corrected chi connectivity index (χ0v) is 10.1. The van der Waals surface area contributed by atoms with E-state index in [0.29, 0.717) is 10.0 Å². The molecule has 1 N–H and O–H groups in total. The molecule has 0 bridgehead atoms. The molecule has 0 amide bonds. The summed E-state index contributed by atoms with van der Waals surface area (Å²) in [5, 5.41) is 9.47. The van der Waals surface area contributed by atoms with Crippen molar-refractivity contribution in [2.75, 3.05) is 0 Å². The molecule has 0 aliphatic rings. The van der Waals surface area contributed by atoms with Gasteiger partial charge >= 0.3 is 5.97 Å². The third-order valence-electron chi connectivity index (χ3n) is 1.66. The van der Waals surface area contributed by atoms with Gasteiger partial charge in [0, 0.05) is 4.83 Å². The Hall–Kier alpha value is -0.250. The molecule has 76 valence electrons. The standard InChI is InChI=1S/C9H7BrCl2O2/c10-6(4-9(13)14)5-1-2-7(11)8(12)3-5/h1-3,6H,4H2,(H,13,14). The fourth-order valence-corrected chi connectivity index (χ4v) is 1.85. The van der Waals surface area contributed by atoms with E-state index in [1.165, 1.54) is 0 Å². The number of benzene rings is 1. The van der Waals surface area contributed by atoms with Gasteiger partial charge in [-0.1, -0.05) is 45.2 Å². The van der Waals surface area contributed by atoms with Crippen molar-refractivity contribution in [2.45, 2.75) is 11.2 Å². The predicted octanol–water partition coefficient (Wildman–Crippen LogP) is 3.90. The van der Waals surface area contributed by atoms with Crippen LogP contribution >= 0.6 is 39.1 Å². The zero-order valence-electron chi connectivity index (χ0n) is 7.01. The van der Waals surface area contributed by atoms with E-state index in [1.54, 1.807) is 18.2 Å². The van der Waals surface area contributed by atoms with Gasteiger partial charge in [0.2, 0.25) is 0 Å². The third kappa shape index (κ3) is 3.15. The number of alkyl halides is 1. The summed E-state index contributed by atoms with van der Waals surface area (Å²) < 4.78 is 0. The Kier molecular flexibility index (Phi) is 4.23. The summed E-state index contributed by atoms with van der Waals surface area (Å²) in [6.07, 6.45) is 0.0119. The van der Waals surface area contributed by atoms with Crippen molar-refractivity contribution >= 4 is 45.1 Å². The molecule has 1 aromatic carbocycles. The van der Waals surface area contributed by atoms with Crippen LogP contribution in [0.25, 0.3) is 0 Å². The van der Waals surface area contributed by atoms with Crippen molar-refractivity contribution in [2.24, 2.45) is 0 Å². The molecular weight excluding hydrogens is 291 g/mol. The molecule has 0 aromatic heterocycles. The molecule has 0 fully saturated rings.